The lowest BCUT2D eigenvalue weighted by atomic mass is 9.85. The average Bonchev–Trinajstić information content (AvgIpc) is 2.49. The molecule has 0 spiro atoms. The lowest BCUT2D eigenvalue weighted by Crippen LogP contribution is -2.58. The first-order valence-corrected chi connectivity index (χ1v) is 7.67. The van der Waals surface area contributed by atoms with Crippen LogP contribution >= 0.6 is 0 Å². The molecule has 22 heavy (non-hydrogen) atoms. The molecule has 1 saturated carbocycles. The number of rotatable bonds is 4. The van der Waals surface area contributed by atoms with E-state index in [0.29, 0.717) is 18.2 Å². The van der Waals surface area contributed by atoms with Gasteiger partial charge in [0.05, 0.1) is 5.69 Å². The zero-order valence-corrected chi connectivity index (χ0v) is 12.6. The van der Waals surface area contributed by atoms with Crippen LogP contribution in [-0.4, -0.2) is 30.2 Å². The first kappa shape index (κ1) is 14.6. The van der Waals surface area contributed by atoms with Crippen LogP contribution in [0.2, 0.25) is 0 Å². The average molecular weight is 300 g/mol. The summed E-state index contributed by atoms with van der Waals surface area (Å²) in [5, 5.41) is 4.28. The highest BCUT2D eigenvalue weighted by molar-refractivity contribution is 6.39. The molecule has 6 nitrogen and oxygen atoms in total. The molecule has 1 atom stereocenters. The van der Waals surface area contributed by atoms with Crippen molar-refractivity contribution in [1.29, 1.82) is 0 Å². The van der Waals surface area contributed by atoms with Crippen molar-refractivity contribution in [2.24, 2.45) is 10.9 Å². The van der Waals surface area contributed by atoms with Crippen molar-refractivity contribution in [1.82, 2.24) is 10.7 Å². The van der Waals surface area contributed by atoms with Crippen molar-refractivity contribution < 1.29 is 9.59 Å². The summed E-state index contributed by atoms with van der Waals surface area (Å²) in [5.74, 6) is 0.335. The molecule has 0 bridgehead atoms. The summed E-state index contributed by atoms with van der Waals surface area (Å²) in [6.07, 6.45) is 3.59. The van der Waals surface area contributed by atoms with E-state index in [9.17, 15) is 9.59 Å². The third-order valence-electron chi connectivity index (χ3n) is 4.12. The number of amidine groups is 1. The van der Waals surface area contributed by atoms with E-state index in [-0.39, 0.29) is 17.6 Å². The second-order valence-corrected chi connectivity index (χ2v) is 5.78. The second kappa shape index (κ2) is 6.17. The van der Waals surface area contributed by atoms with Gasteiger partial charge in [-0.3, -0.25) is 15.0 Å². The number of hydrogen-bond donors (Lipinski definition) is 2. The highest BCUT2D eigenvalue weighted by atomic mass is 16.2. The van der Waals surface area contributed by atoms with Gasteiger partial charge in [-0.15, -0.1) is 0 Å². The van der Waals surface area contributed by atoms with Crippen LogP contribution in [0.25, 0.3) is 0 Å². The summed E-state index contributed by atoms with van der Waals surface area (Å²) >= 11 is 0. The van der Waals surface area contributed by atoms with Gasteiger partial charge in [0.25, 0.3) is 11.8 Å². The zero-order valence-electron chi connectivity index (χ0n) is 12.6. The van der Waals surface area contributed by atoms with E-state index >= 15 is 0 Å². The molecule has 0 radical (unpaired) electrons. The van der Waals surface area contributed by atoms with Crippen molar-refractivity contribution in [2.75, 3.05) is 11.6 Å². The SMILES string of the molecule is CC1N=C(C(=O)NCC2CCC2)NN(c2ccccc2)C1=O. The number of aliphatic imine (C=N–C) groups is 1. The van der Waals surface area contributed by atoms with E-state index in [0.717, 1.165) is 0 Å². The van der Waals surface area contributed by atoms with E-state index in [1.54, 1.807) is 6.92 Å². The van der Waals surface area contributed by atoms with Crippen LogP contribution < -0.4 is 15.8 Å². The van der Waals surface area contributed by atoms with E-state index in [1.165, 1.54) is 24.3 Å². The van der Waals surface area contributed by atoms with Gasteiger partial charge in [-0.2, -0.15) is 0 Å². The van der Waals surface area contributed by atoms with Crippen molar-refractivity contribution in [3.05, 3.63) is 30.3 Å². The summed E-state index contributed by atoms with van der Waals surface area (Å²) in [6.45, 7) is 2.37. The van der Waals surface area contributed by atoms with Crippen LogP contribution in [0.1, 0.15) is 26.2 Å². The third kappa shape index (κ3) is 2.95. The Kier molecular flexibility index (Phi) is 4.09. The van der Waals surface area contributed by atoms with Crippen molar-refractivity contribution >= 4 is 23.3 Å². The van der Waals surface area contributed by atoms with Gasteiger partial charge in [0.1, 0.15) is 6.04 Å². The first-order valence-electron chi connectivity index (χ1n) is 7.67. The Bertz CT molecular complexity index is 595. The van der Waals surface area contributed by atoms with Gasteiger partial charge in [0.2, 0.25) is 5.84 Å². The first-order chi connectivity index (χ1) is 10.6. The quantitative estimate of drug-likeness (QED) is 0.878. The minimum Gasteiger partial charge on any atom is -0.349 e. The lowest BCUT2D eigenvalue weighted by molar-refractivity contribution is -0.120. The summed E-state index contributed by atoms with van der Waals surface area (Å²) in [5.41, 5.74) is 3.52. The molecule has 1 aliphatic heterocycles. The molecule has 1 unspecified atom stereocenters. The molecule has 1 aromatic carbocycles. The number of hydrogen-bond acceptors (Lipinski definition) is 4. The van der Waals surface area contributed by atoms with Crippen molar-refractivity contribution in [3.8, 4) is 0 Å². The van der Waals surface area contributed by atoms with Gasteiger partial charge < -0.3 is 5.32 Å². The highest BCUT2D eigenvalue weighted by Gasteiger charge is 2.31. The smallest absolute Gasteiger partial charge is 0.288 e. The van der Waals surface area contributed by atoms with Gasteiger partial charge >= 0.3 is 0 Å². The number of nitrogens with one attached hydrogen (secondary N) is 2. The highest BCUT2D eigenvalue weighted by Crippen LogP contribution is 2.25. The maximum absolute atomic E-state index is 12.2. The van der Waals surface area contributed by atoms with Crippen LogP contribution in [0.5, 0.6) is 0 Å². The molecule has 3 rings (SSSR count). The van der Waals surface area contributed by atoms with Crippen molar-refractivity contribution in [3.63, 3.8) is 0 Å². The molecule has 2 amide bonds. The summed E-state index contributed by atoms with van der Waals surface area (Å²) in [4.78, 5) is 28.6. The Morgan fingerprint density at radius 3 is 2.73 bits per heavy atom. The van der Waals surface area contributed by atoms with Gasteiger partial charge in [0.15, 0.2) is 0 Å². The summed E-state index contributed by atoms with van der Waals surface area (Å²) < 4.78 is 0. The van der Waals surface area contributed by atoms with Crippen LogP contribution in [0.15, 0.2) is 35.3 Å². The van der Waals surface area contributed by atoms with E-state index < -0.39 is 6.04 Å². The van der Waals surface area contributed by atoms with E-state index in [1.807, 2.05) is 30.3 Å². The molecule has 116 valence electrons. The number of hydrazine groups is 1. The van der Waals surface area contributed by atoms with Gasteiger partial charge in [-0.25, -0.2) is 10.0 Å². The number of benzene rings is 1. The molecular weight excluding hydrogens is 280 g/mol. The Balaban J connectivity index is 1.70. The maximum atomic E-state index is 12.2. The van der Waals surface area contributed by atoms with Gasteiger partial charge in [-0.1, -0.05) is 24.6 Å². The number of para-hydroxylation sites is 1. The van der Waals surface area contributed by atoms with Crippen LogP contribution in [-0.2, 0) is 9.59 Å². The second-order valence-electron chi connectivity index (χ2n) is 5.78. The number of nitrogens with zero attached hydrogens (tertiary/aromatic N) is 2. The molecule has 1 aliphatic carbocycles. The maximum Gasteiger partial charge on any atom is 0.288 e. The van der Waals surface area contributed by atoms with E-state index in [4.69, 9.17) is 0 Å². The van der Waals surface area contributed by atoms with Gasteiger partial charge in [-0.05, 0) is 37.8 Å². The topological polar surface area (TPSA) is 73.8 Å². The zero-order chi connectivity index (χ0) is 15.5. The molecular formula is C16H20N4O2. The minimum atomic E-state index is -0.578. The Hall–Kier alpha value is -2.37. The Morgan fingerprint density at radius 2 is 2.09 bits per heavy atom. The molecule has 0 aromatic heterocycles. The Morgan fingerprint density at radius 1 is 1.36 bits per heavy atom. The van der Waals surface area contributed by atoms with Crippen LogP contribution in [0.4, 0.5) is 5.69 Å². The predicted octanol–water partition coefficient (Wildman–Crippen LogP) is 1.24. The number of amides is 2. The molecule has 1 fully saturated rings. The molecule has 0 saturated heterocycles. The standard InChI is InChI=1S/C16H20N4O2/c1-11-16(22)20(13-8-3-2-4-9-13)19-14(18-11)15(21)17-10-12-6-5-7-12/h2-4,8-9,11-12H,5-7,10H2,1H3,(H,17,21)(H,18,19). The lowest BCUT2D eigenvalue weighted by Gasteiger charge is -2.31. The summed E-state index contributed by atoms with van der Waals surface area (Å²) in [6, 6.07) is 8.61. The van der Waals surface area contributed by atoms with Crippen molar-refractivity contribution in [2.45, 2.75) is 32.2 Å². The molecule has 1 heterocycles. The Labute approximate surface area is 129 Å². The number of carbonyl (C=O) groups is 2. The molecule has 6 heteroatoms. The predicted molar refractivity (Wildman–Crippen MR) is 84.3 cm³/mol. The normalized spacial score (nSPS) is 21.7. The third-order valence-corrected chi connectivity index (χ3v) is 4.12. The fourth-order valence-corrected chi connectivity index (χ4v) is 2.52. The van der Waals surface area contributed by atoms with Gasteiger partial charge in [0, 0.05) is 6.54 Å². The molecule has 2 N–H and O–H groups in total. The monoisotopic (exact) mass is 300 g/mol. The molecule has 2 aliphatic rings. The molecule has 1 aromatic rings. The number of anilines is 1. The minimum absolute atomic E-state index is 0.179. The largest absolute Gasteiger partial charge is 0.349 e. The van der Waals surface area contributed by atoms with Crippen LogP contribution in [0.3, 0.4) is 0 Å². The number of carbonyl (C=O) groups excluding carboxylic acids is 2. The fourth-order valence-electron chi connectivity index (χ4n) is 2.52. The van der Waals surface area contributed by atoms with Crippen LogP contribution in [0, 0.1) is 5.92 Å². The van der Waals surface area contributed by atoms with E-state index in [2.05, 4.69) is 15.7 Å². The fraction of sp³-hybridized carbons (Fsp3) is 0.438. The summed E-state index contributed by atoms with van der Waals surface area (Å²) in [7, 11) is 0.